The number of methoxy groups -OCH3 is 1. The van der Waals surface area contributed by atoms with Gasteiger partial charge in [0.25, 0.3) is 10.1 Å². The number of dihydropyridines is 1. The van der Waals surface area contributed by atoms with Crippen LogP contribution in [0.25, 0.3) is 0 Å². The van der Waals surface area contributed by atoms with Crippen molar-refractivity contribution in [2.75, 3.05) is 33.5 Å². The summed E-state index contributed by atoms with van der Waals surface area (Å²) in [4.78, 5) is 25.4. The molecule has 12 nitrogen and oxygen atoms in total. The minimum Gasteiger partial charge on any atom is -0.466 e. The van der Waals surface area contributed by atoms with E-state index in [1.807, 2.05) is 0 Å². The minimum atomic E-state index is -4.00. The van der Waals surface area contributed by atoms with Crippen LogP contribution in [0.1, 0.15) is 25.3 Å². The Hall–Kier alpha value is -3.30. The fraction of sp³-hybridized carbons (Fsp3) is 0.308. The maximum absolute atomic E-state index is 12.9. The molecule has 0 unspecified atom stereocenters. The van der Waals surface area contributed by atoms with Crippen molar-refractivity contribution in [3.63, 3.8) is 0 Å². The summed E-state index contributed by atoms with van der Waals surface area (Å²) in [6.07, 6.45) is 0. The Labute approximate surface area is 238 Å². The molecule has 0 aliphatic carbocycles. The van der Waals surface area contributed by atoms with Crippen molar-refractivity contribution < 1.29 is 47.7 Å². The quantitative estimate of drug-likeness (QED) is 0.213. The van der Waals surface area contributed by atoms with Gasteiger partial charge in [0, 0.05) is 17.3 Å². The molecule has 0 spiro atoms. The van der Waals surface area contributed by atoms with E-state index >= 15 is 0 Å². The van der Waals surface area contributed by atoms with Crippen molar-refractivity contribution in [3.05, 3.63) is 87.7 Å². The number of ether oxygens (including phenoxy) is 3. The van der Waals surface area contributed by atoms with Gasteiger partial charge in [0.05, 0.1) is 54.6 Å². The van der Waals surface area contributed by atoms with Gasteiger partial charge in [0.15, 0.2) is 0 Å². The molecule has 0 bridgehead atoms. The number of nitrogens with two attached hydrogens (primary N) is 1. The third kappa shape index (κ3) is 9.71. The van der Waals surface area contributed by atoms with Gasteiger partial charge in [-0.3, -0.25) is 4.55 Å². The second kappa shape index (κ2) is 17.4. The average Bonchev–Trinajstić information content (AvgIpc) is 2.89. The van der Waals surface area contributed by atoms with Crippen molar-refractivity contribution in [2.24, 2.45) is 5.73 Å². The van der Waals surface area contributed by atoms with E-state index in [0.717, 1.165) is 0 Å². The fourth-order valence-corrected chi connectivity index (χ4v) is 4.46. The van der Waals surface area contributed by atoms with Gasteiger partial charge in [0.1, 0.15) is 0 Å². The summed E-state index contributed by atoms with van der Waals surface area (Å²) < 4.78 is 45.0. The summed E-state index contributed by atoms with van der Waals surface area (Å²) in [7, 11) is -2.71. The van der Waals surface area contributed by atoms with E-state index < -0.39 is 28.0 Å². The van der Waals surface area contributed by atoms with Gasteiger partial charge >= 0.3 is 11.9 Å². The van der Waals surface area contributed by atoms with E-state index in [1.165, 1.54) is 19.2 Å². The van der Waals surface area contributed by atoms with E-state index in [0.29, 0.717) is 40.7 Å². The Balaban J connectivity index is 0.00000107. The monoisotopic (exact) mass is 602 g/mol. The first kappa shape index (κ1) is 36.7. The number of rotatable bonds is 9. The number of halogens is 1. The Kier molecular flexibility index (Phi) is 16.0. The largest absolute Gasteiger partial charge is 0.466 e. The molecule has 0 radical (unpaired) electrons. The fourth-order valence-electron chi connectivity index (χ4n) is 3.71. The van der Waals surface area contributed by atoms with Crippen molar-refractivity contribution in [1.29, 1.82) is 0 Å². The molecule has 3 rings (SSSR count). The van der Waals surface area contributed by atoms with Crippen LogP contribution in [0.2, 0.25) is 5.02 Å². The molecular formula is C26H35ClN2O10S. The molecular weight excluding hydrogens is 568 g/mol. The van der Waals surface area contributed by atoms with Crippen molar-refractivity contribution in [1.82, 2.24) is 5.32 Å². The summed E-state index contributed by atoms with van der Waals surface area (Å²) in [6, 6.07) is 14.5. The molecule has 0 aromatic heterocycles. The summed E-state index contributed by atoms with van der Waals surface area (Å²) in [5.74, 6) is -1.86. The zero-order chi connectivity index (χ0) is 28.3. The van der Waals surface area contributed by atoms with E-state index in [9.17, 15) is 18.0 Å². The predicted octanol–water partition coefficient (Wildman–Crippen LogP) is 1.55. The molecule has 1 heterocycles. The standard InChI is InChI=1S/C20H25ClN2O5.C6H6O3S.2H2O/c1-4-28-20(25)18-15(11-27-10-9-22)23-12(2)16(19(24)26-3)17(18)13-7-5-6-8-14(13)21;7-10(8,9)6-4-2-1-3-5-6;;/h5-8,17,23H,4,9-11,22H2,1-3H3;1-5H,(H,7,8,9);2*1H2/t17-;;;/m0.../s1. The lowest BCUT2D eigenvalue weighted by Crippen LogP contribution is -2.35. The third-order valence-electron chi connectivity index (χ3n) is 5.31. The first-order valence-electron chi connectivity index (χ1n) is 11.6. The Morgan fingerprint density at radius 3 is 2.12 bits per heavy atom. The van der Waals surface area contributed by atoms with Crippen LogP contribution in [-0.4, -0.2) is 69.3 Å². The minimum absolute atomic E-state index is 0. The van der Waals surface area contributed by atoms with Crippen LogP contribution in [0.15, 0.2) is 82.0 Å². The Morgan fingerprint density at radius 1 is 1.02 bits per heavy atom. The van der Waals surface area contributed by atoms with Crippen LogP contribution >= 0.6 is 11.6 Å². The van der Waals surface area contributed by atoms with Gasteiger partial charge in [-0.05, 0) is 37.6 Å². The average molecular weight is 603 g/mol. The molecule has 0 saturated heterocycles. The molecule has 0 saturated carbocycles. The highest BCUT2D eigenvalue weighted by atomic mass is 35.5. The molecule has 0 amide bonds. The number of esters is 2. The molecule has 14 heteroatoms. The maximum Gasteiger partial charge on any atom is 0.336 e. The zero-order valence-corrected chi connectivity index (χ0v) is 23.8. The van der Waals surface area contributed by atoms with Gasteiger partial charge in [-0.15, -0.1) is 0 Å². The van der Waals surface area contributed by atoms with Gasteiger partial charge in [-0.1, -0.05) is 48.0 Å². The highest BCUT2D eigenvalue weighted by molar-refractivity contribution is 7.85. The summed E-state index contributed by atoms with van der Waals surface area (Å²) in [6.45, 7) is 4.42. The predicted molar refractivity (Wildman–Crippen MR) is 149 cm³/mol. The van der Waals surface area contributed by atoms with Gasteiger partial charge in [-0.25, -0.2) is 9.59 Å². The number of carbonyl (C=O) groups excluding carboxylic acids is 2. The van der Waals surface area contributed by atoms with Crippen LogP contribution in [0.4, 0.5) is 0 Å². The van der Waals surface area contributed by atoms with Gasteiger partial charge < -0.3 is 36.2 Å². The second-order valence-electron chi connectivity index (χ2n) is 7.85. The zero-order valence-electron chi connectivity index (χ0n) is 22.3. The van der Waals surface area contributed by atoms with Crippen LogP contribution in [0.5, 0.6) is 0 Å². The normalized spacial score (nSPS) is 14.5. The van der Waals surface area contributed by atoms with E-state index in [2.05, 4.69) is 5.32 Å². The van der Waals surface area contributed by atoms with Crippen molar-refractivity contribution in [2.45, 2.75) is 24.7 Å². The third-order valence-corrected chi connectivity index (χ3v) is 6.52. The number of allylic oxidation sites excluding steroid dienone is 1. The molecule has 1 aliphatic rings. The molecule has 2 aromatic rings. The molecule has 40 heavy (non-hydrogen) atoms. The molecule has 1 atom stereocenters. The van der Waals surface area contributed by atoms with Crippen LogP contribution in [-0.2, 0) is 33.9 Å². The molecule has 0 fully saturated rings. The second-order valence-corrected chi connectivity index (χ2v) is 9.68. The summed E-state index contributed by atoms with van der Waals surface area (Å²) in [5, 5.41) is 3.52. The van der Waals surface area contributed by atoms with Crippen molar-refractivity contribution in [3.8, 4) is 0 Å². The lowest BCUT2D eigenvalue weighted by molar-refractivity contribution is -0.139. The summed E-state index contributed by atoms with van der Waals surface area (Å²) in [5.41, 5.74) is 7.70. The number of benzene rings is 2. The number of hydrogen-bond donors (Lipinski definition) is 3. The first-order valence-corrected chi connectivity index (χ1v) is 13.4. The maximum atomic E-state index is 12.9. The van der Waals surface area contributed by atoms with Crippen LogP contribution in [0, 0.1) is 0 Å². The van der Waals surface area contributed by atoms with E-state index in [1.54, 1.807) is 56.3 Å². The molecule has 8 N–H and O–H groups in total. The summed E-state index contributed by atoms with van der Waals surface area (Å²) >= 11 is 6.42. The first-order chi connectivity index (χ1) is 18.1. The number of nitrogens with one attached hydrogen (secondary N) is 1. The smallest absolute Gasteiger partial charge is 0.336 e. The highest BCUT2D eigenvalue weighted by Crippen LogP contribution is 2.41. The molecule has 2 aromatic carbocycles. The lowest BCUT2D eigenvalue weighted by Gasteiger charge is -2.31. The number of hydrogen-bond acceptors (Lipinski definition) is 9. The number of carbonyl (C=O) groups is 2. The molecule has 222 valence electrons. The topological polar surface area (TPSA) is 217 Å². The van der Waals surface area contributed by atoms with Gasteiger partial charge in [-0.2, -0.15) is 8.42 Å². The van der Waals surface area contributed by atoms with Crippen LogP contribution < -0.4 is 11.1 Å². The lowest BCUT2D eigenvalue weighted by atomic mass is 9.80. The van der Waals surface area contributed by atoms with Crippen molar-refractivity contribution >= 4 is 33.7 Å². The van der Waals surface area contributed by atoms with E-state index in [-0.39, 0.29) is 34.6 Å². The Bertz CT molecular complexity index is 1300. The van der Waals surface area contributed by atoms with Gasteiger partial charge in [0.2, 0.25) is 0 Å². The molecule has 1 aliphatic heterocycles. The Morgan fingerprint density at radius 2 is 1.62 bits per heavy atom. The van der Waals surface area contributed by atoms with E-state index in [4.69, 9.17) is 36.1 Å². The van der Waals surface area contributed by atoms with Crippen LogP contribution in [0.3, 0.4) is 0 Å². The SMILES string of the molecule is CCOC(=O)C1=C(COCCN)NC(C)=C(C(=O)OC)[C@@H]1c1ccccc1Cl.O.O.O=S(=O)(O)c1ccccc1. The highest BCUT2D eigenvalue weighted by Gasteiger charge is 2.39.